The maximum absolute atomic E-state index is 9.97. The third-order valence-electron chi connectivity index (χ3n) is 4.56. The van der Waals surface area contributed by atoms with Crippen LogP contribution in [0.1, 0.15) is 39.5 Å². The molecule has 0 aromatic carbocycles. The zero-order chi connectivity index (χ0) is 13.9. The van der Waals surface area contributed by atoms with E-state index in [1.807, 2.05) is 0 Å². The third kappa shape index (κ3) is 3.91. The van der Waals surface area contributed by atoms with E-state index in [-0.39, 0.29) is 12.1 Å². The fraction of sp³-hybridized carbons (Fsp3) is 1.00. The van der Waals surface area contributed by atoms with E-state index in [9.17, 15) is 5.11 Å². The predicted molar refractivity (Wildman–Crippen MR) is 77.3 cm³/mol. The number of nitrogens with one attached hydrogen (secondary N) is 1. The molecule has 4 nitrogen and oxygen atoms in total. The van der Waals surface area contributed by atoms with Crippen LogP contribution in [0.5, 0.6) is 0 Å². The molecule has 2 rings (SSSR count). The average Bonchev–Trinajstić information content (AvgIpc) is 3.23. The van der Waals surface area contributed by atoms with E-state index >= 15 is 0 Å². The Balaban J connectivity index is 1.97. The fourth-order valence-corrected chi connectivity index (χ4v) is 3.43. The quantitative estimate of drug-likeness (QED) is 0.730. The number of likely N-dealkylation sites (N-methyl/N-ethyl adjacent to an activating group) is 1. The Labute approximate surface area is 117 Å². The lowest BCUT2D eigenvalue weighted by Gasteiger charge is -2.42. The Morgan fingerprint density at radius 2 is 1.89 bits per heavy atom. The van der Waals surface area contributed by atoms with Gasteiger partial charge in [0.15, 0.2) is 0 Å². The minimum Gasteiger partial charge on any atom is -0.394 e. The Morgan fingerprint density at radius 3 is 2.37 bits per heavy atom. The van der Waals surface area contributed by atoms with Gasteiger partial charge in [-0.15, -0.1) is 0 Å². The second-order valence-corrected chi connectivity index (χ2v) is 6.65. The minimum absolute atomic E-state index is 0.110. The molecule has 2 N–H and O–H groups in total. The van der Waals surface area contributed by atoms with Gasteiger partial charge in [-0.25, -0.2) is 0 Å². The molecule has 1 heterocycles. The highest BCUT2D eigenvalue weighted by Crippen LogP contribution is 2.40. The minimum atomic E-state index is -0.110. The maximum Gasteiger partial charge on any atom is 0.0628 e. The van der Waals surface area contributed by atoms with Crippen LogP contribution in [0.2, 0.25) is 0 Å². The van der Waals surface area contributed by atoms with Gasteiger partial charge in [0.25, 0.3) is 0 Å². The molecule has 0 spiro atoms. The normalized spacial score (nSPS) is 24.9. The van der Waals surface area contributed by atoms with E-state index in [0.717, 1.165) is 32.6 Å². The van der Waals surface area contributed by atoms with Crippen molar-refractivity contribution < 1.29 is 9.84 Å². The van der Waals surface area contributed by atoms with Gasteiger partial charge < -0.3 is 20.1 Å². The molecule has 0 amide bonds. The molecule has 2 fully saturated rings. The van der Waals surface area contributed by atoms with Gasteiger partial charge in [0.1, 0.15) is 0 Å². The molecule has 1 atom stereocenters. The van der Waals surface area contributed by atoms with Crippen molar-refractivity contribution in [3.8, 4) is 0 Å². The molecule has 19 heavy (non-hydrogen) atoms. The van der Waals surface area contributed by atoms with Crippen LogP contribution in [0.15, 0.2) is 0 Å². The highest BCUT2D eigenvalue weighted by molar-refractivity contribution is 5.03. The number of rotatable bonds is 7. The molecule has 1 saturated heterocycles. The van der Waals surface area contributed by atoms with Crippen molar-refractivity contribution in [3.05, 3.63) is 0 Å². The van der Waals surface area contributed by atoms with E-state index in [0.29, 0.717) is 18.0 Å². The van der Waals surface area contributed by atoms with E-state index < -0.39 is 0 Å². The van der Waals surface area contributed by atoms with Crippen LogP contribution in [0, 0.1) is 5.92 Å². The molecule has 0 radical (unpaired) electrons. The number of hydrogen-bond acceptors (Lipinski definition) is 4. The lowest BCUT2D eigenvalue weighted by Crippen LogP contribution is -2.60. The lowest BCUT2D eigenvalue weighted by molar-refractivity contribution is 0.0192. The van der Waals surface area contributed by atoms with Crippen LogP contribution < -0.4 is 5.32 Å². The van der Waals surface area contributed by atoms with Crippen molar-refractivity contribution in [2.75, 3.05) is 33.4 Å². The summed E-state index contributed by atoms with van der Waals surface area (Å²) in [6, 6.07) is 1.02. The van der Waals surface area contributed by atoms with E-state index in [1.54, 1.807) is 0 Å². The number of aliphatic hydroxyl groups is 1. The molecule has 0 aromatic heterocycles. The van der Waals surface area contributed by atoms with Gasteiger partial charge in [0, 0.05) is 31.8 Å². The summed E-state index contributed by atoms with van der Waals surface area (Å²) in [5.74, 6) is 0.641. The zero-order valence-electron chi connectivity index (χ0n) is 12.7. The standard InChI is InChI=1S/C15H30N2O2/c1-12(2)16-15(11-18,13-4-5-13)10-17(3)14-6-8-19-9-7-14/h12-14,16,18H,4-11H2,1-3H3. The SMILES string of the molecule is CC(C)NC(CO)(CN(C)C1CCOCC1)C1CC1. The molecule has 1 aliphatic heterocycles. The summed E-state index contributed by atoms with van der Waals surface area (Å²) < 4.78 is 5.44. The Bertz CT molecular complexity index is 275. The molecule has 1 aliphatic carbocycles. The first-order valence-electron chi connectivity index (χ1n) is 7.74. The largest absolute Gasteiger partial charge is 0.394 e. The predicted octanol–water partition coefficient (Wildman–Crippen LogP) is 1.24. The Hall–Kier alpha value is -0.160. The van der Waals surface area contributed by atoms with Crippen molar-refractivity contribution in [1.82, 2.24) is 10.2 Å². The Kier molecular flexibility index (Phi) is 5.23. The smallest absolute Gasteiger partial charge is 0.0628 e. The van der Waals surface area contributed by atoms with Crippen LogP contribution >= 0.6 is 0 Å². The second kappa shape index (κ2) is 6.53. The number of hydrogen-bond donors (Lipinski definition) is 2. The van der Waals surface area contributed by atoms with Crippen molar-refractivity contribution in [2.24, 2.45) is 5.92 Å². The van der Waals surface area contributed by atoms with Gasteiger partial charge in [0.05, 0.1) is 12.1 Å². The first-order valence-corrected chi connectivity index (χ1v) is 7.74. The van der Waals surface area contributed by atoms with E-state index in [1.165, 1.54) is 12.8 Å². The second-order valence-electron chi connectivity index (χ2n) is 6.65. The maximum atomic E-state index is 9.97. The summed E-state index contributed by atoms with van der Waals surface area (Å²) in [5.41, 5.74) is -0.110. The molecule has 1 unspecified atom stereocenters. The summed E-state index contributed by atoms with van der Waals surface area (Å²) in [7, 11) is 2.20. The van der Waals surface area contributed by atoms with Gasteiger partial charge in [-0.2, -0.15) is 0 Å². The molecule has 2 aliphatic rings. The van der Waals surface area contributed by atoms with Crippen molar-refractivity contribution >= 4 is 0 Å². The molecular formula is C15H30N2O2. The first kappa shape index (κ1) is 15.2. The molecule has 112 valence electrons. The molecule has 4 heteroatoms. The lowest BCUT2D eigenvalue weighted by atomic mass is 9.91. The van der Waals surface area contributed by atoms with Crippen molar-refractivity contribution in [2.45, 2.75) is 57.2 Å². The van der Waals surface area contributed by atoms with Crippen LogP contribution in [-0.4, -0.2) is 61.0 Å². The van der Waals surface area contributed by atoms with Crippen LogP contribution in [0.25, 0.3) is 0 Å². The molecule has 0 bridgehead atoms. The first-order chi connectivity index (χ1) is 9.07. The van der Waals surface area contributed by atoms with Gasteiger partial charge in [-0.3, -0.25) is 0 Å². The molecular weight excluding hydrogens is 240 g/mol. The monoisotopic (exact) mass is 270 g/mol. The summed E-state index contributed by atoms with van der Waals surface area (Å²) in [6.45, 7) is 7.27. The van der Waals surface area contributed by atoms with E-state index in [2.05, 4.69) is 31.1 Å². The number of aliphatic hydroxyl groups excluding tert-OH is 1. The van der Waals surface area contributed by atoms with Gasteiger partial charge >= 0.3 is 0 Å². The van der Waals surface area contributed by atoms with Gasteiger partial charge in [0.2, 0.25) is 0 Å². The Morgan fingerprint density at radius 1 is 1.26 bits per heavy atom. The summed E-state index contributed by atoms with van der Waals surface area (Å²) in [5, 5.41) is 13.6. The zero-order valence-corrected chi connectivity index (χ0v) is 12.7. The summed E-state index contributed by atoms with van der Waals surface area (Å²) >= 11 is 0. The van der Waals surface area contributed by atoms with Crippen molar-refractivity contribution in [3.63, 3.8) is 0 Å². The van der Waals surface area contributed by atoms with Gasteiger partial charge in [-0.1, -0.05) is 13.8 Å². The van der Waals surface area contributed by atoms with Crippen LogP contribution in [0.3, 0.4) is 0 Å². The van der Waals surface area contributed by atoms with Crippen LogP contribution in [0.4, 0.5) is 0 Å². The number of nitrogens with zero attached hydrogens (tertiary/aromatic N) is 1. The average molecular weight is 270 g/mol. The fourth-order valence-electron chi connectivity index (χ4n) is 3.43. The van der Waals surface area contributed by atoms with E-state index in [4.69, 9.17) is 4.74 Å². The molecule has 1 saturated carbocycles. The van der Waals surface area contributed by atoms with Crippen LogP contribution in [-0.2, 0) is 4.74 Å². The summed E-state index contributed by atoms with van der Waals surface area (Å²) in [6.07, 6.45) is 4.73. The number of ether oxygens (including phenoxy) is 1. The highest BCUT2D eigenvalue weighted by atomic mass is 16.5. The van der Waals surface area contributed by atoms with Crippen molar-refractivity contribution in [1.29, 1.82) is 0 Å². The summed E-state index contributed by atoms with van der Waals surface area (Å²) in [4.78, 5) is 2.44. The topological polar surface area (TPSA) is 44.7 Å². The molecule has 0 aromatic rings. The highest BCUT2D eigenvalue weighted by Gasteiger charge is 2.46. The third-order valence-corrected chi connectivity index (χ3v) is 4.56. The van der Waals surface area contributed by atoms with Gasteiger partial charge in [-0.05, 0) is 38.6 Å².